The number of piperidine rings is 1. The number of imide groups is 2. The van der Waals surface area contributed by atoms with E-state index in [1.165, 1.54) is 0 Å². The summed E-state index contributed by atoms with van der Waals surface area (Å²) in [4.78, 5) is 69.1. The number of nitriles is 1. The van der Waals surface area contributed by atoms with Crippen LogP contribution >= 0.6 is 11.6 Å². The van der Waals surface area contributed by atoms with Crippen LogP contribution in [-0.2, 0) is 20.9 Å². The van der Waals surface area contributed by atoms with Crippen LogP contribution in [0.1, 0.15) is 87.2 Å². The molecule has 0 spiro atoms. The molecule has 1 aromatic heterocycles. The zero-order chi connectivity index (χ0) is 40.7. The lowest BCUT2D eigenvalue weighted by atomic mass is 9.81. The average molecular weight is 796 g/mol. The molecule has 1 saturated carbocycles. The fourth-order valence-corrected chi connectivity index (χ4v) is 8.68. The standard InChI is InChI=1S/C45H42ClN7O5/c1-27-28(2)52(49-41(27)33-13-14-34(25-47)38(46)23-33)26-31-7-5-29(6-8-31)3-4-30-9-11-32(12-10-30)43(56)51-21-19-50(20-22-51)35-15-16-36-37(24-35)45(58)53(44(36)57)39-17-18-40(54)48-42(39)55/h5-8,13-16,23-24,30,32,39H,9-12,17-22,26H2,1-2H3,(H,48,54,55)/t30-,32-,39?. The molecule has 1 aliphatic carbocycles. The van der Waals surface area contributed by atoms with Gasteiger partial charge in [0.05, 0.1) is 34.0 Å². The van der Waals surface area contributed by atoms with E-state index in [0.717, 1.165) is 69.9 Å². The van der Waals surface area contributed by atoms with Crippen molar-refractivity contribution in [2.45, 2.75) is 65.0 Å². The van der Waals surface area contributed by atoms with Gasteiger partial charge < -0.3 is 9.80 Å². The first-order chi connectivity index (χ1) is 28.0. The molecule has 5 amide bonds. The number of carbonyl (C=O) groups excluding carboxylic acids is 5. The Morgan fingerprint density at radius 3 is 2.29 bits per heavy atom. The van der Waals surface area contributed by atoms with Gasteiger partial charge in [-0.25, -0.2) is 0 Å². The Balaban J connectivity index is 0.810. The fourth-order valence-electron chi connectivity index (χ4n) is 8.45. The van der Waals surface area contributed by atoms with Crippen LogP contribution in [0.3, 0.4) is 0 Å². The summed E-state index contributed by atoms with van der Waals surface area (Å²) in [5, 5.41) is 16.7. The second-order valence-electron chi connectivity index (χ2n) is 15.5. The normalized spacial score (nSPS) is 20.7. The van der Waals surface area contributed by atoms with Crippen molar-refractivity contribution in [2.24, 2.45) is 11.8 Å². The molecular weight excluding hydrogens is 754 g/mol. The van der Waals surface area contributed by atoms with Crippen LogP contribution in [0.2, 0.25) is 5.02 Å². The molecule has 8 rings (SSSR count). The SMILES string of the molecule is Cc1c(-c2ccc(C#N)c(Cl)c2)nn(Cc2ccc(C#C[C@H]3CC[C@H](C(=O)N4CCN(c5ccc6c(c5)C(=O)N(C5CCC(=O)NC5=O)C6=O)CC4)CC3)cc2)c1C. The lowest BCUT2D eigenvalue weighted by Gasteiger charge is -2.38. The van der Waals surface area contributed by atoms with Crippen molar-refractivity contribution >= 4 is 46.8 Å². The highest BCUT2D eigenvalue weighted by atomic mass is 35.5. The van der Waals surface area contributed by atoms with Crippen molar-refractivity contribution in [2.75, 3.05) is 31.1 Å². The number of halogens is 1. The first-order valence-electron chi connectivity index (χ1n) is 19.7. The number of carbonyl (C=O) groups is 5. The van der Waals surface area contributed by atoms with Crippen LogP contribution in [0.25, 0.3) is 11.3 Å². The van der Waals surface area contributed by atoms with E-state index in [9.17, 15) is 29.2 Å². The molecule has 4 aliphatic rings. The Morgan fingerprint density at radius 2 is 1.60 bits per heavy atom. The highest BCUT2D eigenvalue weighted by Crippen LogP contribution is 2.33. The highest BCUT2D eigenvalue weighted by molar-refractivity contribution is 6.32. The van der Waals surface area contributed by atoms with E-state index < -0.39 is 29.7 Å². The third-order valence-corrected chi connectivity index (χ3v) is 12.3. The van der Waals surface area contributed by atoms with Gasteiger partial charge in [-0.05, 0) is 99.5 Å². The topological polar surface area (TPSA) is 149 Å². The molecule has 1 unspecified atom stereocenters. The number of nitrogens with one attached hydrogen (secondary N) is 1. The first-order valence-corrected chi connectivity index (χ1v) is 20.1. The molecule has 4 heterocycles. The maximum absolute atomic E-state index is 13.6. The van der Waals surface area contributed by atoms with Gasteiger partial charge in [0.15, 0.2) is 0 Å². The van der Waals surface area contributed by atoms with E-state index in [1.54, 1.807) is 24.3 Å². The summed E-state index contributed by atoms with van der Waals surface area (Å²) in [5.74, 6) is 5.13. The smallest absolute Gasteiger partial charge is 0.262 e. The van der Waals surface area contributed by atoms with Gasteiger partial charge in [-0.15, -0.1) is 0 Å². The highest BCUT2D eigenvalue weighted by Gasteiger charge is 2.45. The number of nitrogens with zero attached hydrogens (tertiary/aromatic N) is 6. The van der Waals surface area contributed by atoms with Gasteiger partial charge in [-0.2, -0.15) is 10.4 Å². The van der Waals surface area contributed by atoms with Crippen LogP contribution in [0.5, 0.6) is 0 Å². The maximum Gasteiger partial charge on any atom is 0.262 e. The summed E-state index contributed by atoms with van der Waals surface area (Å²) in [5.41, 5.74) is 7.64. The van der Waals surface area contributed by atoms with Crippen molar-refractivity contribution in [1.29, 1.82) is 5.26 Å². The number of hydrogen-bond acceptors (Lipinski definition) is 8. The number of anilines is 1. The van der Waals surface area contributed by atoms with E-state index in [2.05, 4.69) is 47.2 Å². The summed E-state index contributed by atoms with van der Waals surface area (Å²) >= 11 is 6.30. The fraction of sp³-hybridized carbons (Fsp3) is 0.356. The molecule has 13 heteroatoms. The second kappa shape index (κ2) is 16.0. The lowest BCUT2D eigenvalue weighted by molar-refractivity contribution is -0.137. The number of rotatable bonds is 6. The van der Waals surface area contributed by atoms with Gasteiger partial charge in [0.2, 0.25) is 17.7 Å². The van der Waals surface area contributed by atoms with Crippen LogP contribution in [-0.4, -0.2) is 81.3 Å². The molecule has 3 aromatic carbocycles. The summed E-state index contributed by atoms with van der Waals surface area (Å²) < 4.78 is 1.99. The van der Waals surface area contributed by atoms with Gasteiger partial charge in [-0.3, -0.25) is 38.9 Å². The Morgan fingerprint density at radius 1 is 0.879 bits per heavy atom. The first kappa shape index (κ1) is 38.6. The molecule has 58 heavy (non-hydrogen) atoms. The van der Waals surface area contributed by atoms with E-state index in [4.69, 9.17) is 16.7 Å². The van der Waals surface area contributed by atoms with Crippen molar-refractivity contribution in [3.8, 4) is 29.2 Å². The summed E-state index contributed by atoms with van der Waals surface area (Å²) in [6, 6.07) is 19.9. The van der Waals surface area contributed by atoms with E-state index >= 15 is 0 Å². The number of amides is 5. The molecular formula is C45H42ClN7O5. The number of hydrogen-bond donors (Lipinski definition) is 1. The molecule has 3 fully saturated rings. The predicted molar refractivity (Wildman–Crippen MR) is 217 cm³/mol. The lowest BCUT2D eigenvalue weighted by Crippen LogP contribution is -2.54. The number of benzene rings is 3. The van der Waals surface area contributed by atoms with Gasteiger partial charge in [0, 0.05) is 66.9 Å². The van der Waals surface area contributed by atoms with Crippen molar-refractivity contribution in [1.82, 2.24) is 24.9 Å². The Kier molecular flexibility index (Phi) is 10.6. The molecule has 4 aromatic rings. The summed E-state index contributed by atoms with van der Waals surface area (Å²) in [6.45, 7) is 7.03. The molecule has 1 N–H and O–H groups in total. The minimum atomic E-state index is -1.00. The number of fused-ring (bicyclic) bond motifs is 1. The minimum Gasteiger partial charge on any atom is -0.368 e. The summed E-state index contributed by atoms with van der Waals surface area (Å²) in [6.07, 6.45) is 3.55. The quantitative estimate of drug-likeness (QED) is 0.195. The van der Waals surface area contributed by atoms with Crippen molar-refractivity contribution in [3.63, 3.8) is 0 Å². The van der Waals surface area contributed by atoms with Crippen molar-refractivity contribution in [3.05, 3.63) is 105 Å². The van der Waals surface area contributed by atoms with Crippen molar-refractivity contribution < 1.29 is 24.0 Å². The molecule has 0 radical (unpaired) electrons. The van der Waals surface area contributed by atoms with Gasteiger partial charge >= 0.3 is 0 Å². The number of aromatic nitrogens is 2. The monoisotopic (exact) mass is 795 g/mol. The largest absolute Gasteiger partial charge is 0.368 e. The van der Waals surface area contributed by atoms with Crippen LogP contribution in [0, 0.1) is 48.9 Å². The second-order valence-corrected chi connectivity index (χ2v) is 15.9. The summed E-state index contributed by atoms with van der Waals surface area (Å²) in [7, 11) is 0. The molecule has 0 bridgehead atoms. The zero-order valence-electron chi connectivity index (χ0n) is 32.4. The third-order valence-electron chi connectivity index (χ3n) is 12.0. The Bertz CT molecular complexity index is 2460. The molecule has 2 saturated heterocycles. The van der Waals surface area contributed by atoms with Gasteiger partial charge in [-0.1, -0.05) is 41.6 Å². The molecule has 12 nitrogen and oxygen atoms in total. The van der Waals surface area contributed by atoms with Gasteiger partial charge in [0.1, 0.15) is 12.1 Å². The number of piperazine rings is 1. The van der Waals surface area contributed by atoms with E-state index in [-0.39, 0.29) is 41.7 Å². The predicted octanol–water partition coefficient (Wildman–Crippen LogP) is 5.65. The molecule has 3 aliphatic heterocycles. The Hall–Kier alpha value is -6.24. The molecule has 1 atom stereocenters. The third kappa shape index (κ3) is 7.48. The molecule has 294 valence electrons. The van der Waals surface area contributed by atoms with Gasteiger partial charge in [0.25, 0.3) is 11.8 Å². The minimum absolute atomic E-state index is 0.0189. The van der Waals surface area contributed by atoms with Crippen LogP contribution in [0.4, 0.5) is 5.69 Å². The van der Waals surface area contributed by atoms with Crippen LogP contribution in [0.15, 0.2) is 60.7 Å². The van der Waals surface area contributed by atoms with E-state index in [0.29, 0.717) is 43.3 Å². The average Bonchev–Trinajstić information content (AvgIpc) is 3.66. The van der Waals surface area contributed by atoms with Crippen LogP contribution < -0.4 is 10.2 Å². The Labute approximate surface area is 341 Å². The maximum atomic E-state index is 13.6. The van der Waals surface area contributed by atoms with E-state index in [1.807, 2.05) is 40.8 Å². The zero-order valence-corrected chi connectivity index (χ0v) is 33.1.